The van der Waals surface area contributed by atoms with Gasteiger partial charge in [0.1, 0.15) is 12.4 Å². The number of hydrogen-bond acceptors (Lipinski definition) is 3. The molecule has 0 bridgehead atoms. The lowest BCUT2D eigenvalue weighted by Gasteiger charge is -2.08. The molecule has 0 fully saturated rings. The number of halogens is 3. The van der Waals surface area contributed by atoms with E-state index < -0.39 is 15.6 Å². The number of hydrogen-bond donors (Lipinski definition) is 1. The smallest absolute Gasteiger partial charge is 0.485 e. The lowest BCUT2D eigenvalue weighted by Crippen LogP contribution is -2.30. The molecule has 1 aromatic heterocycles. The Labute approximate surface area is 116 Å². The number of aromatic amines is 1. The molecule has 0 aromatic carbocycles. The van der Waals surface area contributed by atoms with Crippen LogP contribution in [0.5, 0.6) is 0 Å². The van der Waals surface area contributed by atoms with Crippen LogP contribution in [0.2, 0.25) is 0 Å². The number of H-pyrrole nitrogens is 1. The van der Waals surface area contributed by atoms with Crippen molar-refractivity contribution >= 4 is 10.1 Å². The Morgan fingerprint density at radius 2 is 1.90 bits per heavy atom. The zero-order valence-corrected chi connectivity index (χ0v) is 12.4. The topological polar surface area (TPSA) is 76.9 Å². The van der Waals surface area contributed by atoms with Gasteiger partial charge in [-0.1, -0.05) is 20.3 Å². The van der Waals surface area contributed by atoms with Gasteiger partial charge in [0.05, 0.1) is 7.05 Å². The van der Waals surface area contributed by atoms with Crippen LogP contribution in [0.1, 0.15) is 32.5 Å². The van der Waals surface area contributed by atoms with Gasteiger partial charge in [-0.15, -0.1) is 0 Å². The maximum Gasteiger partial charge on any atom is 0.485 e. The van der Waals surface area contributed by atoms with Gasteiger partial charge >= 0.3 is 5.51 Å². The SMILES string of the molecule is CC(C)CCCc1[nH]cc[n+]1C.O=S(=O)([O-])C(F)(F)F. The Hall–Kier alpha value is -1.09. The van der Waals surface area contributed by atoms with E-state index in [9.17, 15) is 13.2 Å². The van der Waals surface area contributed by atoms with E-state index in [0.717, 1.165) is 5.92 Å². The molecule has 0 atom stereocenters. The third kappa shape index (κ3) is 7.49. The number of imidazole rings is 1. The second-order valence-corrected chi connectivity index (χ2v) is 6.07. The lowest BCUT2D eigenvalue weighted by molar-refractivity contribution is -0.677. The van der Waals surface area contributed by atoms with E-state index in [0.29, 0.717) is 0 Å². The Balaban J connectivity index is 0.000000396. The summed E-state index contributed by atoms with van der Waals surface area (Å²) in [5, 5.41) is 0. The molecule has 1 rings (SSSR count). The maximum absolute atomic E-state index is 10.7. The van der Waals surface area contributed by atoms with Gasteiger partial charge < -0.3 is 4.55 Å². The molecule has 0 aliphatic carbocycles. The second kappa shape index (κ2) is 7.63. The van der Waals surface area contributed by atoms with Crippen LogP contribution in [0.15, 0.2) is 12.4 Å². The number of aryl methyl sites for hydroxylation is 2. The number of nitrogens with zero attached hydrogens (tertiary/aromatic N) is 1. The molecule has 9 heteroatoms. The number of nitrogens with one attached hydrogen (secondary N) is 1. The molecule has 0 saturated heterocycles. The molecule has 118 valence electrons. The summed E-state index contributed by atoms with van der Waals surface area (Å²) in [7, 11) is -4.01. The van der Waals surface area contributed by atoms with Gasteiger partial charge in [-0.3, -0.25) is 0 Å². The van der Waals surface area contributed by atoms with Gasteiger partial charge in [0, 0.05) is 6.42 Å². The fourth-order valence-electron chi connectivity index (χ4n) is 1.36. The Morgan fingerprint density at radius 3 is 2.20 bits per heavy atom. The van der Waals surface area contributed by atoms with Crippen LogP contribution < -0.4 is 4.57 Å². The predicted molar refractivity (Wildman–Crippen MR) is 65.5 cm³/mol. The van der Waals surface area contributed by atoms with Crippen LogP contribution in [0.25, 0.3) is 0 Å². The standard InChI is InChI=1S/C10H18N2.CHF3O3S/c1-9(2)5-4-6-10-11-7-8-12(10)3;2-1(3,4)8(5,6)7/h7-9H,4-6H2,1-3H3;(H,5,6,7). The van der Waals surface area contributed by atoms with Gasteiger partial charge in [0.2, 0.25) is 0 Å². The molecule has 0 amide bonds. The number of aromatic nitrogens is 2. The summed E-state index contributed by atoms with van der Waals surface area (Å²) in [5.41, 5.74) is -5.65. The molecule has 0 aliphatic heterocycles. The van der Waals surface area contributed by atoms with Crippen LogP contribution in [0, 0.1) is 5.92 Å². The van der Waals surface area contributed by atoms with Crippen LogP contribution in [0.4, 0.5) is 13.2 Å². The van der Waals surface area contributed by atoms with Gasteiger partial charge in [-0.2, -0.15) is 13.2 Å². The predicted octanol–water partition coefficient (Wildman–Crippen LogP) is 1.87. The zero-order valence-electron chi connectivity index (χ0n) is 11.6. The fourth-order valence-corrected chi connectivity index (χ4v) is 1.36. The van der Waals surface area contributed by atoms with E-state index in [1.54, 1.807) is 0 Å². The molecule has 0 spiro atoms. The van der Waals surface area contributed by atoms with Crippen molar-refractivity contribution in [3.05, 3.63) is 18.2 Å². The van der Waals surface area contributed by atoms with E-state index in [4.69, 9.17) is 13.0 Å². The van der Waals surface area contributed by atoms with E-state index >= 15 is 0 Å². The number of rotatable bonds is 4. The zero-order chi connectivity index (χ0) is 16.0. The highest BCUT2D eigenvalue weighted by Gasteiger charge is 2.36. The summed E-state index contributed by atoms with van der Waals surface area (Å²) in [6.07, 6.45) is 7.82. The molecule has 1 heterocycles. The van der Waals surface area contributed by atoms with Crippen LogP contribution in [-0.4, -0.2) is 23.5 Å². The summed E-state index contributed by atoms with van der Waals surface area (Å²) in [6, 6.07) is 0. The van der Waals surface area contributed by atoms with Crippen molar-refractivity contribution in [1.82, 2.24) is 4.98 Å². The molecule has 0 aliphatic rings. The molecular formula is C11H19F3N2O3S. The average molecular weight is 316 g/mol. The van der Waals surface area contributed by atoms with Gasteiger partial charge in [-0.05, 0) is 12.3 Å². The monoisotopic (exact) mass is 316 g/mol. The van der Waals surface area contributed by atoms with Crippen molar-refractivity contribution in [2.75, 3.05) is 0 Å². The van der Waals surface area contributed by atoms with Gasteiger partial charge in [-0.25, -0.2) is 18.0 Å². The van der Waals surface area contributed by atoms with Crippen molar-refractivity contribution < 1.29 is 30.7 Å². The van der Waals surface area contributed by atoms with Crippen molar-refractivity contribution in [2.24, 2.45) is 13.0 Å². The van der Waals surface area contributed by atoms with E-state index in [1.807, 2.05) is 6.20 Å². The highest BCUT2D eigenvalue weighted by atomic mass is 32.2. The first kappa shape index (κ1) is 18.9. The maximum atomic E-state index is 10.7. The molecule has 0 unspecified atom stereocenters. The molecule has 0 saturated carbocycles. The molecule has 0 radical (unpaired) electrons. The molecule has 20 heavy (non-hydrogen) atoms. The third-order valence-electron chi connectivity index (χ3n) is 2.45. The fraction of sp³-hybridized carbons (Fsp3) is 0.727. The van der Waals surface area contributed by atoms with Crippen LogP contribution in [-0.2, 0) is 23.6 Å². The lowest BCUT2D eigenvalue weighted by atomic mass is 10.1. The summed E-state index contributed by atoms with van der Waals surface area (Å²) in [4.78, 5) is 3.24. The summed E-state index contributed by atoms with van der Waals surface area (Å²) in [5.74, 6) is 2.15. The Bertz CT molecular complexity index is 495. The normalized spacial score (nSPS) is 12.2. The molecule has 1 N–H and O–H groups in total. The second-order valence-electron chi connectivity index (χ2n) is 4.70. The highest BCUT2D eigenvalue weighted by molar-refractivity contribution is 7.86. The van der Waals surface area contributed by atoms with Crippen molar-refractivity contribution in [3.8, 4) is 0 Å². The van der Waals surface area contributed by atoms with Gasteiger partial charge in [0.15, 0.2) is 10.1 Å². The van der Waals surface area contributed by atoms with Crippen LogP contribution in [0.3, 0.4) is 0 Å². The minimum absolute atomic E-state index is 0.824. The first-order valence-corrected chi connectivity index (χ1v) is 7.40. The summed E-state index contributed by atoms with van der Waals surface area (Å²) >= 11 is 0. The Morgan fingerprint density at radius 1 is 1.40 bits per heavy atom. The van der Waals surface area contributed by atoms with Crippen molar-refractivity contribution in [1.29, 1.82) is 0 Å². The average Bonchev–Trinajstić information content (AvgIpc) is 2.62. The van der Waals surface area contributed by atoms with Crippen LogP contribution >= 0.6 is 0 Å². The van der Waals surface area contributed by atoms with Gasteiger partial charge in [0.25, 0.3) is 5.82 Å². The van der Waals surface area contributed by atoms with E-state index in [-0.39, 0.29) is 0 Å². The highest BCUT2D eigenvalue weighted by Crippen LogP contribution is 2.20. The minimum atomic E-state index is -6.09. The first-order valence-electron chi connectivity index (χ1n) is 5.99. The number of alkyl halides is 3. The first-order chi connectivity index (χ1) is 8.95. The quantitative estimate of drug-likeness (QED) is 0.523. The van der Waals surface area contributed by atoms with Crippen molar-refractivity contribution in [2.45, 2.75) is 38.6 Å². The summed E-state index contributed by atoms with van der Waals surface area (Å²) < 4.78 is 61.1. The molecule has 1 aromatic rings. The largest absolute Gasteiger partial charge is 0.741 e. The van der Waals surface area contributed by atoms with E-state index in [2.05, 4.69) is 36.6 Å². The molecular weight excluding hydrogens is 297 g/mol. The Kier molecular flexibility index (Phi) is 7.21. The third-order valence-corrected chi connectivity index (χ3v) is 3.02. The minimum Gasteiger partial charge on any atom is -0.741 e. The molecule has 5 nitrogen and oxygen atoms in total. The van der Waals surface area contributed by atoms with Crippen molar-refractivity contribution in [3.63, 3.8) is 0 Å². The van der Waals surface area contributed by atoms with E-state index in [1.165, 1.54) is 25.1 Å². The summed E-state index contributed by atoms with van der Waals surface area (Å²) in [6.45, 7) is 4.55.